The molecule has 0 aliphatic carbocycles. The summed E-state index contributed by atoms with van der Waals surface area (Å²) in [4.78, 5) is 34.3. The standard InChI is InChI=1S/C25H18N4O3/c1-16(24(30)28-19-8-4-6-17(12-19)14-26)32-25(31)21-13-23(18-7-5-11-27-15-18)29-22-10-3-2-9-20(21)22/h2-13,15-16H,1H3,(H,28,30). The van der Waals surface area contributed by atoms with Crippen molar-refractivity contribution in [3.63, 3.8) is 0 Å². The highest BCUT2D eigenvalue weighted by molar-refractivity contribution is 6.06. The third-order valence-corrected chi connectivity index (χ3v) is 4.81. The van der Waals surface area contributed by atoms with Crippen molar-refractivity contribution >= 4 is 28.5 Å². The summed E-state index contributed by atoms with van der Waals surface area (Å²) in [5.41, 5.74) is 3.14. The normalized spacial score (nSPS) is 11.4. The summed E-state index contributed by atoms with van der Waals surface area (Å²) in [5, 5.41) is 12.3. The number of pyridine rings is 2. The van der Waals surface area contributed by atoms with Crippen molar-refractivity contribution < 1.29 is 14.3 Å². The fourth-order valence-electron chi connectivity index (χ4n) is 3.19. The average Bonchev–Trinajstić information content (AvgIpc) is 2.83. The minimum atomic E-state index is -1.05. The molecule has 7 heteroatoms. The predicted molar refractivity (Wildman–Crippen MR) is 120 cm³/mol. The number of carbonyl (C=O) groups is 2. The number of fused-ring (bicyclic) bond motifs is 1. The second-order valence-corrected chi connectivity index (χ2v) is 7.04. The molecule has 4 rings (SSSR count). The van der Waals surface area contributed by atoms with E-state index in [9.17, 15) is 9.59 Å². The number of nitrogens with one attached hydrogen (secondary N) is 1. The van der Waals surface area contributed by atoms with E-state index >= 15 is 0 Å². The summed E-state index contributed by atoms with van der Waals surface area (Å²) < 4.78 is 5.47. The Morgan fingerprint density at radius 1 is 1.06 bits per heavy atom. The Bertz CT molecular complexity index is 1350. The van der Waals surface area contributed by atoms with Crippen LogP contribution in [0.2, 0.25) is 0 Å². The molecular formula is C25H18N4O3. The zero-order valence-electron chi connectivity index (χ0n) is 17.1. The Labute approximate surface area is 184 Å². The molecule has 1 unspecified atom stereocenters. The molecule has 32 heavy (non-hydrogen) atoms. The SMILES string of the molecule is CC(OC(=O)c1cc(-c2cccnc2)nc2ccccc12)C(=O)Nc1cccc(C#N)c1. The van der Waals surface area contributed by atoms with E-state index < -0.39 is 18.0 Å². The molecular weight excluding hydrogens is 404 g/mol. The van der Waals surface area contributed by atoms with Gasteiger partial charge in [0.05, 0.1) is 28.4 Å². The fourth-order valence-corrected chi connectivity index (χ4v) is 3.19. The number of hydrogen-bond acceptors (Lipinski definition) is 6. The maximum atomic E-state index is 13.0. The van der Waals surface area contributed by atoms with Crippen LogP contribution in [0, 0.1) is 11.3 Å². The summed E-state index contributed by atoms with van der Waals surface area (Å²) in [6.07, 6.45) is 2.27. The van der Waals surface area contributed by atoms with Crippen LogP contribution in [-0.4, -0.2) is 27.9 Å². The number of esters is 1. The maximum Gasteiger partial charge on any atom is 0.339 e. The van der Waals surface area contributed by atoms with Crippen molar-refractivity contribution in [1.82, 2.24) is 9.97 Å². The van der Waals surface area contributed by atoms with Gasteiger partial charge < -0.3 is 10.1 Å². The van der Waals surface area contributed by atoms with Gasteiger partial charge in [0.15, 0.2) is 6.10 Å². The van der Waals surface area contributed by atoms with Gasteiger partial charge in [-0.25, -0.2) is 9.78 Å². The number of nitriles is 1. The Hall–Kier alpha value is -4.57. The third-order valence-electron chi connectivity index (χ3n) is 4.81. The fraction of sp³-hybridized carbons (Fsp3) is 0.0800. The molecule has 0 radical (unpaired) electrons. The number of amides is 1. The zero-order chi connectivity index (χ0) is 22.5. The minimum absolute atomic E-state index is 0.306. The molecule has 0 saturated heterocycles. The number of aromatic nitrogens is 2. The van der Waals surface area contributed by atoms with E-state index in [0.717, 1.165) is 5.56 Å². The first-order chi connectivity index (χ1) is 15.5. The molecule has 0 saturated carbocycles. The van der Waals surface area contributed by atoms with Crippen LogP contribution in [0.4, 0.5) is 5.69 Å². The van der Waals surface area contributed by atoms with Crippen LogP contribution in [0.15, 0.2) is 79.1 Å². The molecule has 156 valence electrons. The van der Waals surface area contributed by atoms with E-state index in [2.05, 4.69) is 15.3 Å². The van der Waals surface area contributed by atoms with Gasteiger partial charge in [0.1, 0.15) is 0 Å². The number of para-hydroxylation sites is 1. The predicted octanol–water partition coefficient (Wildman–Crippen LogP) is 4.35. The van der Waals surface area contributed by atoms with Crippen LogP contribution in [0.3, 0.4) is 0 Å². The number of rotatable bonds is 5. The van der Waals surface area contributed by atoms with E-state index in [1.165, 1.54) is 6.92 Å². The molecule has 2 heterocycles. The molecule has 2 aromatic carbocycles. The van der Waals surface area contributed by atoms with Gasteiger partial charge in [-0.1, -0.05) is 24.3 Å². The van der Waals surface area contributed by atoms with Gasteiger partial charge in [0.25, 0.3) is 5.91 Å². The number of ether oxygens (including phenoxy) is 1. The van der Waals surface area contributed by atoms with Crippen molar-refractivity contribution in [2.75, 3.05) is 5.32 Å². The Morgan fingerprint density at radius 2 is 1.91 bits per heavy atom. The molecule has 1 atom stereocenters. The van der Waals surface area contributed by atoms with Crippen LogP contribution in [-0.2, 0) is 9.53 Å². The van der Waals surface area contributed by atoms with Crippen molar-refractivity contribution in [1.29, 1.82) is 5.26 Å². The zero-order valence-corrected chi connectivity index (χ0v) is 17.1. The van der Waals surface area contributed by atoms with E-state index in [0.29, 0.717) is 33.4 Å². The lowest BCUT2D eigenvalue weighted by atomic mass is 10.0. The van der Waals surface area contributed by atoms with Crippen molar-refractivity contribution in [2.45, 2.75) is 13.0 Å². The molecule has 7 nitrogen and oxygen atoms in total. The van der Waals surface area contributed by atoms with E-state index in [-0.39, 0.29) is 0 Å². The van der Waals surface area contributed by atoms with Crippen LogP contribution in [0.1, 0.15) is 22.8 Å². The second-order valence-electron chi connectivity index (χ2n) is 7.04. The Kier molecular flexibility index (Phi) is 5.86. The summed E-state index contributed by atoms with van der Waals surface area (Å²) in [6.45, 7) is 1.49. The first-order valence-corrected chi connectivity index (χ1v) is 9.87. The molecule has 0 bridgehead atoms. The van der Waals surface area contributed by atoms with E-state index in [1.807, 2.05) is 30.3 Å². The van der Waals surface area contributed by atoms with Gasteiger partial charge >= 0.3 is 5.97 Å². The lowest BCUT2D eigenvalue weighted by molar-refractivity contribution is -0.123. The van der Waals surface area contributed by atoms with Crippen molar-refractivity contribution in [3.8, 4) is 17.3 Å². The van der Waals surface area contributed by atoms with Crippen molar-refractivity contribution in [2.24, 2.45) is 0 Å². The van der Waals surface area contributed by atoms with Gasteiger partial charge in [-0.3, -0.25) is 9.78 Å². The molecule has 0 fully saturated rings. The highest BCUT2D eigenvalue weighted by Crippen LogP contribution is 2.25. The average molecular weight is 422 g/mol. The Morgan fingerprint density at radius 3 is 2.69 bits per heavy atom. The van der Waals surface area contributed by atoms with Gasteiger partial charge in [-0.05, 0) is 49.4 Å². The molecule has 1 N–H and O–H groups in total. The van der Waals surface area contributed by atoms with Gasteiger partial charge in [0, 0.05) is 29.0 Å². The molecule has 0 spiro atoms. The van der Waals surface area contributed by atoms with Crippen LogP contribution in [0.5, 0.6) is 0 Å². The number of hydrogen-bond donors (Lipinski definition) is 1. The van der Waals surface area contributed by atoms with E-state index in [4.69, 9.17) is 10.00 Å². The highest BCUT2D eigenvalue weighted by Gasteiger charge is 2.22. The number of benzene rings is 2. The first kappa shape index (κ1) is 20.7. The number of anilines is 1. The first-order valence-electron chi connectivity index (χ1n) is 9.87. The molecule has 1 amide bonds. The van der Waals surface area contributed by atoms with Crippen molar-refractivity contribution in [3.05, 3.63) is 90.3 Å². The van der Waals surface area contributed by atoms with Crippen LogP contribution < -0.4 is 5.32 Å². The molecule has 2 aromatic heterocycles. The smallest absolute Gasteiger partial charge is 0.339 e. The van der Waals surface area contributed by atoms with Gasteiger partial charge in [-0.15, -0.1) is 0 Å². The second kappa shape index (κ2) is 9.06. The van der Waals surface area contributed by atoms with Crippen LogP contribution >= 0.6 is 0 Å². The highest BCUT2D eigenvalue weighted by atomic mass is 16.5. The lowest BCUT2D eigenvalue weighted by Crippen LogP contribution is -2.30. The Balaban J connectivity index is 1.59. The topological polar surface area (TPSA) is 105 Å². The minimum Gasteiger partial charge on any atom is -0.449 e. The number of carbonyl (C=O) groups excluding carboxylic acids is 2. The molecule has 0 aliphatic rings. The summed E-state index contributed by atoms with van der Waals surface area (Å²) in [5.74, 6) is -1.14. The van der Waals surface area contributed by atoms with Crippen LogP contribution in [0.25, 0.3) is 22.2 Å². The largest absolute Gasteiger partial charge is 0.449 e. The molecule has 4 aromatic rings. The summed E-state index contributed by atoms with van der Waals surface area (Å²) in [6, 6.07) is 21.0. The maximum absolute atomic E-state index is 13.0. The molecule has 0 aliphatic heterocycles. The third kappa shape index (κ3) is 4.45. The quantitative estimate of drug-likeness (QED) is 0.479. The summed E-state index contributed by atoms with van der Waals surface area (Å²) >= 11 is 0. The lowest BCUT2D eigenvalue weighted by Gasteiger charge is -2.15. The van der Waals surface area contributed by atoms with Gasteiger partial charge in [0.2, 0.25) is 0 Å². The monoisotopic (exact) mass is 422 g/mol. The van der Waals surface area contributed by atoms with E-state index in [1.54, 1.807) is 54.9 Å². The summed E-state index contributed by atoms with van der Waals surface area (Å²) in [7, 11) is 0. The van der Waals surface area contributed by atoms with Gasteiger partial charge in [-0.2, -0.15) is 5.26 Å². The number of nitrogens with zero attached hydrogens (tertiary/aromatic N) is 3.